The molecule has 0 aromatic carbocycles. The standard InChI is InChI=1S/BH4N.H3N.H3P/c1-2;;/h1-2H2;2*1H3. The second kappa shape index (κ2) is 116. The molecule has 0 spiro atoms. The Morgan fingerprint density at radius 2 is 1.25 bits per heavy atom. The Hall–Kier alpha value is 0.415. The predicted octanol–water partition coefficient (Wildman–Crippen LogP) is -1.29. The molecular weight excluding hydrogens is 69.8 g/mol. The van der Waals surface area contributed by atoms with Gasteiger partial charge in [0.1, 0.15) is 0 Å². The molecule has 1 atom stereocenters. The molecule has 0 aromatic rings. The van der Waals surface area contributed by atoms with Gasteiger partial charge < -0.3 is 11.8 Å². The molecule has 28 valence electrons. The van der Waals surface area contributed by atoms with Gasteiger partial charge in [-0.2, -0.15) is 9.90 Å². The zero-order valence-electron chi connectivity index (χ0n) is 2.99. The molecule has 0 bridgehead atoms. The molecule has 0 aromatic heterocycles. The third-order valence-electron chi connectivity index (χ3n) is 0. The summed E-state index contributed by atoms with van der Waals surface area (Å²) in [7, 11) is 1.50. The van der Waals surface area contributed by atoms with E-state index in [1.807, 2.05) is 0 Å². The second-order valence-electron chi connectivity index (χ2n) is 0. The van der Waals surface area contributed by atoms with Gasteiger partial charge in [-0.25, -0.2) is 0 Å². The summed E-state index contributed by atoms with van der Waals surface area (Å²) in [6.45, 7) is 0. The van der Waals surface area contributed by atoms with Gasteiger partial charge >= 0.3 is 0 Å². The lowest BCUT2D eigenvalue weighted by Gasteiger charge is -1.14. The lowest BCUT2D eigenvalue weighted by Crippen LogP contribution is -1.75. The van der Waals surface area contributed by atoms with Crippen LogP contribution in [0.3, 0.4) is 0 Å². The first kappa shape index (κ1) is 25.7. The first-order valence-corrected chi connectivity index (χ1v) is 0.577. The Balaban J connectivity index is -0.00000000500. The molecule has 2 nitrogen and oxygen atoms in total. The Morgan fingerprint density at radius 1 is 1.25 bits per heavy atom. The van der Waals surface area contributed by atoms with Gasteiger partial charge in [-0.1, -0.05) is 0 Å². The zero-order chi connectivity index (χ0) is 2.00. The van der Waals surface area contributed by atoms with Crippen molar-refractivity contribution in [3.8, 4) is 0 Å². The third kappa shape index (κ3) is 28.1. The third-order valence-corrected chi connectivity index (χ3v) is 0. The van der Waals surface area contributed by atoms with Crippen LogP contribution < -0.4 is 11.8 Å². The quantitative estimate of drug-likeness (QED) is 0.281. The van der Waals surface area contributed by atoms with E-state index >= 15 is 0 Å². The maximum absolute atomic E-state index is 4.50. The van der Waals surface area contributed by atoms with Crippen molar-refractivity contribution in [1.29, 1.82) is 0 Å². The average Bonchev–Trinajstić information content (AvgIpc) is 1.00. The highest BCUT2D eigenvalue weighted by molar-refractivity contribution is 6.92. The van der Waals surface area contributed by atoms with Gasteiger partial charge in [0.2, 0.25) is 0 Å². The molecule has 0 saturated heterocycles. The van der Waals surface area contributed by atoms with Crippen molar-refractivity contribution in [1.82, 2.24) is 6.15 Å². The van der Waals surface area contributed by atoms with Crippen LogP contribution in [0.1, 0.15) is 0 Å². The maximum Gasteiger partial charge on any atom is 0.178 e. The van der Waals surface area contributed by atoms with Crippen LogP contribution in [0.5, 0.6) is 0 Å². The van der Waals surface area contributed by atoms with Crippen molar-refractivity contribution >= 4 is 17.9 Å². The van der Waals surface area contributed by atoms with Crippen molar-refractivity contribution in [2.75, 3.05) is 0 Å². The highest BCUT2D eigenvalue weighted by Crippen LogP contribution is 0.861. The Morgan fingerprint density at radius 3 is 1.25 bits per heavy atom. The van der Waals surface area contributed by atoms with Crippen LogP contribution in [0.4, 0.5) is 0 Å². The maximum atomic E-state index is 4.50. The average molecular weight is 79.9 g/mol. The highest BCUT2D eigenvalue weighted by atomic mass is 31.0. The van der Waals surface area contributed by atoms with Gasteiger partial charge in [0.25, 0.3) is 0 Å². The summed E-state index contributed by atoms with van der Waals surface area (Å²) in [6.07, 6.45) is 0. The van der Waals surface area contributed by atoms with E-state index in [0.29, 0.717) is 0 Å². The molecular formula is H10BN2P. The van der Waals surface area contributed by atoms with Gasteiger partial charge in [0.05, 0.1) is 0 Å². The highest BCUT2D eigenvalue weighted by Gasteiger charge is 0.939. The van der Waals surface area contributed by atoms with Crippen molar-refractivity contribution in [3.63, 3.8) is 0 Å². The first-order chi connectivity index (χ1) is 1.00. The Labute approximate surface area is 30.8 Å². The minimum Gasteiger partial charge on any atom is -0.376 e. The number of hydrogen-bond donors (Lipinski definition) is 2. The fraction of sp³-hybridized carbons (Fsp3) is 0. The lowest BCUT2D eigenvalue weighted by atomic mass is 10.5. The van der Waals surface area contributed by atoms with E-state index in [1.165, 1.54) is 7.98 Å². The second-order valence-corrected chi connectivity index (χ2v) is 0. The molecule has 1 unspecified atom stereocenters. The number of nitrogens with two attached hydrogens (primary N) is 1. The molecule has 4 heteroatoms. The van der Waals surface area contributed by atoms with E-state index in [-0.39, 0.29) is 16.0 Å². The fourth-order valence-corrected chi connectivity index (χ4v) is 0. The summed E-state index contributed by atoms with van der Waals surface area (Å²) in [6, 6.07) is 0. The van der Waals surface area contributed by atoms with Crippen molar-refractivity contribution in [2.45, 2.75) is 0 Å². The van der Waals surface area contributed by atoms with Crippen LogP contribution in [0.25, 0.3) is 0 Å². The number of rotatable bonds is 0. The lowest BCUT2D eigenvalue weighted by molar-refractivity contribution is 2.00. The fourth-order valence-electron chi connectivity index (χ4n) is 0. The Kier molecular flexibility index (Phi) is 744. The van der Waals surface area contributed by atoms with Crippen LogP contribution in [-0.2, 0) is 0 Å². The molecule has 0 heterocycles. The molecule has 0 rings (SSSR count). The monoisotopic (exact) mass is 80.1 g/mol. The van der Waals surface area contributed by atoms with E-state index in [0.717, 1.165) is 0 Å². The van der Waals surface area contributed by atoms with E-state index in [9.17, 15) is 0 Å². The number of hydrogen-bond acceptors (Lipinski definition) is 2. The molecule has 4 heavy (non-hydrogen) atoms. The molecule has 0 amide bonds. The summed E-state index contributed by atoms with van der Waals surface area (Å²) in [5.41, 5.74) is 4.50. The molecule has 0 aliphatic rings. The largest absolute Gasteiger partial charge is 0.376 e. The predicted molar refractivity (Wildman–Crippen MR) is 28.9 cm³/mol. The first-order valence-electron chi connectivity index (χ1n) is 0.577. The topological polar surface area (TPSA) is 61.0 Å². The van der Waals surface area contributed by atoms with Gasteiger partial charge in [0, 0.05) is 0 Å². The minimum atomic E-state index is 0. The molecule has 0 saturated carbocycles. The van der Waals surface area contributed by atoms with Crippen molar-refractivity contribution < 1.29 is 0 Å². The van der Waals surface area contributed by atoms with E-state index in [2.05, 4.69) is 5.64 Å². The zero-order valence-corrected chi connectivity index (χ0v) is 4.41. The van der Waals surface area contributed by atoms with E-state index in [1.54, 1.807) is 0 Å². The van der Waals surface area contributed by atoms with E-state index < -0.39 is 0 Å². The van der Waals surface area contributed by atoms with Crippen LogP contribution in [0.15, 0.2) is 0 Å². The van der Waals surface area contributed by atoms with Crippen molar-refractivity contribution in [3.05, 3.63) is 0 Å². The van der Waals surface area contributed by atoms with Gasteiger partial charge in [-0.15, -0.1) is 0 Å². The van der Waals surface area contributed by atoms with Crippen LogP contribution in [-0.4, -0.2) is 7.98 Å². The summed E-state index contributed by atoms with van der Waals surface area (Å²) in [5.74, 6) is 0. The summed E-state index contributed by atoms with van der Waals surface area (Å²) >= 11 is 0. The molecule has 0 aliphatic carbocycles. The Bertz CT molecular complexity index is 6.00. The van der Waals surface area contributed by atoms with Crippen LogP contribution in [0.2, 0.25) is 0 Å². The normalized spacial score (nSPS) is 1.25. The molecule has 5 N–H and O–H groups in total. The SMILES string of the molecule is BN.N.P. The smallest absolute Gasteiger partial charge is 0.178 e. The summed E-state index contributed by atoms with van der Waals surface area (Å²) in [4.78, 5) is 0. The van der Waals surface area contributed by atoms with E-state index in [4.69, 9.17) is 0 Å². The van der Waals surface area contributed by atoms with Gasteiger partial charge in [0.15, 0.2) is 7.98 Å². The summed E-state index contributed by atoms with van der Waals surface area (Å²) < 4.78 is 0. The van der Waals surface area contributed by atoms with Crippen molar-refractivity contribution in [2.24, 2.45) is 5.64 Å². The van der Waals surface area contributed by atoms with Gasteiger partial charge in [-0.3, -0.25) is 0 Å². The molecule has 0 fully saturated rings. The minimum absolute atomic E-state index is 0. The van der Waals surface area contributed by atoms with Crippen LogP contribution >= 0.6 is 9.90 Å². The summed E-state index contributed by atoms with van der Waals surface area (Å²) in [5, 5.41) is 0. The van der Waals surface area contributed by atoms with Crippen LogP contribution in [0, 0.1) is 0 Å². The van der Waals surface area contributed by atoms with Gasteiger partial charge in [-0.05, 0) is 0 Å². The molecule has 0 radical (unpaired) electrons. The molecule has 0 aliphatic heterocycles.